The fourth-order valence-electron chi connectivity index (χ4n) is 2.44. The second kappa shape index (κ2) is 9.77. The van der Waals surface area contributed by atoms with Gasteiger partial charge in [0.05, 0.1) is 46.5 Å². The largest absolute Gasteiger partial charge is 0.493 e. The van der Waals surface area contributed by atoms with Crippen molar-refractivity contribution in [3.05, 3.63) is 28.8 Å². The van der Waals surface area contributed by atoms with E-state index >= 15 is 0 Å². The standard InChI is InChI=1S/C18H22N2O6S/c1-5-26-15(22)9-12-10-27-18(19-12)20-14(21)8-11-6-7-13(23-2)17(25-4)16(11)24-3/h6-7,10H,5,8-9H2,1-4H3,(H,19,20,21). The van der Waals surface area contributed by atoms with Gasteiger partial charge in [-0.2, -0.15) is 0 Å². The van der Waals surface area contributed by atoms with Crippen LogP contribution in [0.3, 0.4) is 0 Å². The summed E-state index contributed by atoms with van der Waals surface area (Å²) in [4.78, 5) is 28.1. The number of carbonyl (C=O) groups is 2. The molecule has 0 atom stereocenters. The van der Waals surface area contributed by atoms with Gasteiger partial charge < -0.3 is 24.3 Å². The molecule has 1 aromatic heterocycles. The molecule has 1 N–H and O–H groups in total. The normalized spacial score (nSPS) is 10.2. The number of anilines is 1. The van der Waals surface area contributed by atoms with E-state index in [1.165, 1.54) is 32.7 Å². The van der Waals surface area contributed by atoms with Gasteiger partial charge in [0.25, 0.3) is 0 Å². The van der Waals surface area contributed by atoms with Crippen molar-refractivity contribution >= 4 is 28.3 Å². The number of nitrogens with one attached hydrogen (secondary N) is 1. The first-order chi connectivity index (χ1) is 13.0. The topological polar surface area (TPSA) is 96.0 Å². The molecule has 146 valence electrons. The van der Waals surface area contributed by atoms with Gasteiger partial charge in [-0.05, 0) is 13.0 Å². The molecule has 8 nitrogen and oxygen atoms in total. The third-order valence-electron chi connectivity index (χ3n) is 3.57. The molecule has 1 aromatic carbocycles. The number of hydrogen-bond acceptors (Lipinski definition) is 8. The Balaban J connectivity index is 2.06. The predicted molar refractivity (Wildman–Crippen MR) is 101 cm³/mol. The molecule has 0 aliphatic rings. The molecule has 2 rings (SSSR count). The van der Waals surface area contributed by atoms with E-state index in [1.807, 2.05) is 0 Å². The lowest BCUT2D eigenvalue weighted by molar-refractivity contribution is -0.142. The van der Waals surface area contributed by atoms with Gasteiger partial charge in [-0.1, -0.05) is 6.07 Å². The second-order valence-corrected chi connectivity index (χ2v) is 6.20. The molecule has 1 amide bonds. The van der Waals surface area contributed by atoms with E-state index < -0.39 is 0 Å². The first kappa shape index (κ1) is 20.5. The summed E-state index contributed by atoms with van der Waals surface area (Å²) in [5, 5.41) is 4.85. The molecule has 0 radical (unpaired) electrons. The quantitative estimate of drug-likeness (QED) is 0.653. The van der Waals surface area contributed by atoms with Crippen LogP contribution < -0.4 is 19.5 Å². The van der Waals surface area contributed by atoms with Crippen molar-refractivity contribution < 1.29 is 28.5 Å². The van der Waals surface area contributed by atoms with Gasteiger partial charge in [0.2, 0.25) is 11.7 Å². The highest BCUT2D eigenvalue weighted by atomic mass is 32.1. The number of benzene rings is 1. The second-order valence-electron chi connectivity index (χ2n) is 5.34. The number of aromatic nitrogens is 1. The van der Waals surface area contributed by atoms with Crippen LogP contribution in [0.25, 0.3) is 0 Å². The average Bonchev–Trinajstić information content (AvgIpc) is 3.07. The van der Waals surface area contributed by atoms with Crippen molar-refractivity contribution in [3.8, 4) is 17.2 Å². The van der Waals surface area contributed by atoms with Gasteiger partial charge in [-0.15, -0.1) is 11.3 Å². The molecule has 2 aromatic rings. The molecule has 0 spiro atoms. The van der Waals surface area contributed by atoms with Crippen molar-refractivity contribution in [2.75, 3.05) is 33.3 Å². The fraction of sp³-hybridized carbons (Fsp3) is 0.389. The SMILES string of the molecule is CCOC(=O)Cc1csc(NC(=O)Cc2ccc(OC)c(OC)c2OC)n1. The summed E-state index contributed by atoms with van der Waals surface area (Å²) in [6.45, 7) is 2.06. The van der Waals surface area contributed by atoms with E-state index in [2.05, 4.69) is 10.3 Å². The van der Waals surface area contributed by atoms with E-state index in [-0.39, 0.29) is 24.7 Å². The maximum atomic E-state index is 12.4. The highest BCUT2D eigenvalue weighted by Gasteiger charge is 2.18. The third-order valence-corrected chi connectivity index (χ3v) is 4.37. The van der Waals surface area contributed by atoms with Crippen LogP contribution in [-0.2, 0) is 27.2 Å². The number of hydrogen-bond donors (Lipinski definition) is 1. The molecule has 0 aliphatic carbocycles. The molecule has 0 unspecified atom stereocenters. The summed E-state index contributed by atoms with van der Waals surface area (Å²) < 4.78 is 20.8. The molecular weight excluding hydrogens is 372 g/mol. The lowest BCUT2D eigenvalue weighted by atomic mass is 10.1. The molecule has 27 heavy (non-hydrogen) atoms. The number of amides is 1. The molecule has 0 fully saturated rings. The van der Waals surface area contributed by atoms with Crippen molar-refractivity contribution in [1.29, 1.82) is 0 Å². The molecule has 0 saturated carbocycles. The van der Waals surface area contributed by atoms with Crippen LogP contribution in [0.4, 0.5) is 5.13 Å². The highest BCUT2D eigenvalue weighted by Crippen LogP contribution is 2.39. The number of esters is 1. The van der Waals surface area contributed by atoms with E-state index in [0.717, 1.165) is 0 Å². The van der Waals surface area contributed by atoms with Gasteiger partial charge in [0, 0.05) is 10.9 Å². The number of carbonyl (C=O) groups excluding carboxylic acids is 2. The summed E-state index contributed by atoms with van der Waals surface area (Å²) in [5.74, 6) is 0.765. The first-order valence-corrected chi connectivity index (χ1v) is 9.08. The summed E-state index contributed by atoms with van der Waals surface area (Å²) in [5.41, 5.74) is 1.20. The van der Waals surface area contributed by atoms with E-state index in [9.17, 15) is 9.59 Å². The smallest absolute Gasteiger partial charge is 0.311 e. The van der Waals surface area contributed by atoms with Gasteiger partial charge in [0.1, 0.15) is 0 Å². The Kier molecular flexibility index (Phi) is 7.42. The zero-order valence-electron chi connectivity index (χ0n) is 15.7. The average molecular weight is 394 g/mol. The Hall–Kier alpha value is -2.81. The van der Waals surface area contributed by atoms with Crippen LogP contribution >= 0.6 is 11.3 Å². The Morgan fingerprint density at radius 2 is 1.81 bits per heavy atom. The minimum Gasteiger partial charge on any atom is -0.493 e. The minimum absolute atomic E-state index is 0.0658. The van der Waals surface area contributed by atoms with Gasteiger partial charge in [0.15, 0.2) is 16.6 Å². The summed E-state index contributed by atoms with van der Waals surface area (Å²) in [6, 6.07) is 3.46. The number of nitrogens with zero attached hydrogens (tertiary/aromatic N) is 1. The predicted octanol–water partition coefficient (Wildman–Crippen LogP) is 2.46. The Bertz CT molecular complexity index is 805. The maximum Gasteiger partial charge on any atom is 0.311 e. The molecule has 0 saturated heterocycles. The Morgan fingerprint density at radius 1 is 1.07 bits per heavy atom. The lowest BCUT2D eigenvalue weighted by Crippen LogP contribution is -2.15. The van der Waals surface area contributed by atoms with Crippen LogP contribution in [-0.4, -0.2) is 44.8 Å². The molecule has 1 heterocycles. The zero-order valence-corrected chi connectivity index (χ0v) is 16.5. The minimum atomic E-state index is -0.351. The number of thiazole rings is 1. The van der Waals surface area contributed by atoms with E-state index in [1.54, 1.807) is 24.4 Å². The highest BCUT2D eigenvalue weighted by molar-refractivity contribution is 7.13. The summed E-state index contributed by atoms with van der Waals surface area (Å²) in [7, 11) is 4.53. The summed E-state index contributed by atoms with van der Waals surface area (Å²) >= 11 is 1.25. The maximum absolute atomic E-state index is 12.4. The summed E-state index contributed by atoms with van der Waals surface area (Å²) in [6.07, 6.45) is 0.139. The van der Waals surface area contributed by atoms with Crippen molar-refractivity contribution in [2.45, 2.75) is 19.8 Å². The third kappa shape index (κ3) is 5.33. The number of ether oxygens (including phenoxy) is 4. The lowest BCUT2D eigenvalue weighted by Gasteiger charge is -2.15. The molecule has 0 aliphatic heterocycles. The first-order valence-electron chi connectivity index (χ1n) is 8.20. The van der Waals surface area contributed by atoms with Gasteiger partial charge in [-0.25, -0.2) is 4.98 Å². The Labute approximate surface area is 161 Å². The van der Waals surface area contributed by atoms with Crippen LogP contribution in [0.15, 0.2) is 17.5 Å². The molecular formula is C18H22N2O6S. The van der Waals surface area contributed by atoms with Crippen molar-refractivity contribution in [2.24, 2.45) is 0 Å². The van der Waals surface area contributed by atoms with E-state index in [4.69, 9.17) is 18.9 Å². The molecule has 9 heteroatoms. The number of rotatable bonds is 9. The van der Waals surface area contributed by atoms with Crippen LogP contribution in [0.5, 0.6) is 17.2 Å². The van der Waals surface area contributed by atoms with Crippen molar-refractivity contribution in [1.82, 2.24) is 4.98 Å². The van der Waals surface area contributed by atoms with Crippen molar-refractivity contribution in [3.63, 3.8) is 0 Å². The zero-order chi connectivity index (χ0) is 19.8. The van der Waals surface area contributed by atoms with Crippen LogP contribution in [0.1, 0.15) is 18.2 Å². The fourth-order valence-corrected chi connectivity index (χ4v) is 3.17. The van der Waals surface area contributed by atoms with Gasteiger partial charge >= 0.3 is 5.97 Å². The monoisotopic (exact) mass is 394 g/mol. The number of methoxy groups -OCH3 is 3. The van der Waals surface area contributed by atoms with Crippen LogP contribution in [0, 0.1) is 0 Å². The van der Waals surface area contributed by atoms with Gasteiger partial charge in [-0.3, -0.25) is 9.59 Å². The molecule has 0 bridgehead atoms. The van der Waals surface area contributed by atoms with Crippen LogP contribution in [0.2, 0.25) is 0 Å². The Morgan fingerprint density at radius 3 is 2.44 bits per heavy atom. The van der Waals surface area contributed by atoms with E-state index in [0.29, 0.717) is 40.2 Å².